The van der Waals surface area contributed by atoms with Crippen LogP contribution in [0.25, 0.3) is 21.1 Å². The number of hydrogen-bond acceptors (Lipinski definition) is 7. The zero-order valence-electron chi connectivity index (χ0n) is 18.3. The summed E-state index contributed by atoms with van der Waals surface area (Å²) in [4.78, 5) is 17.0. The minimum atomic E-state index is -4.65. The second-order valence-corrected chi connectivity index (χ2v) is 11.4. The van der Waals surface area contributed by atoms with Gasteiger partial charge in [0, 0.05) is 11.1 Å². The maximum absolute atomic E-state index is 13.6. The number of benzene rings is 2. The molecule has 0 aliphatic rings. The van der Waals surface area contributed by atoms with E-state index in [2.05, 4.69) is 30.5 Å². The van der Waals surface area contributed by atoms with Gasteiger partial charge in [-0.2, -0.15) is 18.3 Å². The van der Waals surface area contributed by atoms with Gasteiger partial charge < -0.3 is 5.32 Å². The minimum absolute atomic E-state index is 0.0189. The zero-order valence-corrected chi connectivity index (χ0v) is 20.7. The first-order valence-corrected chi connectivity index (χ1v) is 12.9. The van der Waals surface area contributed by atoms with Crippen LogP contribution in [0.15, 0.2) is 30.5 Å². The predicted octanol–water partition coefficient (Wildman–Crippen LogP) is 5.05. The van der Waals surface area contributed by atoms with Gasteiger partial charge in [-0.15, -0.1) is 0 Å². The van der Waals surface area contributed by atoms with Gasteiger partial charge in [-0.1, -0.05) is 22.9 Å². The number of carbonyl (C=O) groups is 1. The third-order valence-electron chi connectivity index (χ3n) is 4.90. The normalized spacial score (nSPS) is 12.8. The molecule has 0 radical (unpaired) electrons. The van der Waals surface area contributed by atoms with Crippen molar-refractivity contribution in [3.63, 3.8) is 0 Å². The van der Waals surface area contributed by atoms with E-state index in [0.29, 0.717) is 11.1 Å². The number of fused-ring (bicyclic) bond motifs is 3. The Bertz CT molecular complexity index is 1560. The average molecular weight is 547 g/mol. The predicted molar refractivity (Wildman–Crippen MR) is 131 cm³/mol. The van der Waals surface area contributed by atoms with Crippen LogP contribution < -0.4 is 15.4 Å². The van der Waals surface area contributed by atoms with Crippen LogP contribution in [0.5, 0.6) is 0 Å². The van der Waals surface area contributed by atoms with E-state index in [9.17, 15) is 26.4 Å². The summed E-state index contributed by atoms with van der Waals surface area (Å²) in [5.41, 5.74) is -1.80. The van der Waals surface area contributed by atoms with Gasteiger partial charge in [0.1, 0.15) is 5.54 Å². The summed E-state index contributed by atoms with van der Waals surface area (Å²) >= 11 is 6.93. The van der Waals surface area contributed by atoms with Crippen molar-refractivity contribution in [1.82, 2.24) is 15.2 Å². The number of aromatic nitrogens is 3. The van der Waals surface area contributed by atoms with Crippen molar-refractivity contribution in [2.24, 2.45) is 0 Å². The molecule has 1 amide bonds. The highest BCUT2D eigenvalue weighted by Crippen LogP contribution is 2.41. The van der Waals surface area contributed by atoms with Crippen molar-refractivity contribution < 1.29 is 26.4 Å². The van der Waals surface area contributed by atoms with Gasteiger partial charge in [0.25, 0.3) is 5.91 Å². The van der Waals surface area contributed by atoms with Gasteiger partial charge in [-0.3, -0.25) is 19.9 Å². The Morgan fingerprint density at radius 3 is 2.57 bits per heavy atom. The lowest BCUT2D eigenvalue weighted by molar-refractivity contribution is -0.136. The molecule has 0 spiro atoms. The number of hydrogen-bond donors (Lipinski definition) is 4. The van der Waals surface area contributed by atoms with E-state index in [-0.39, 0.29) is 31.6 Å². The Balaban J connectivity index is 1.62. The summed E-state index contributed by atoms with van der Waals surface area (Å²) in [7, 11) is -3.59. The molecular weight excluding hydrogens is 529 g/mol. The number of sulfonamides is 1. The van der Waals surface area contributed by atoms with Crippen LogP contribution >= 0.6 is 22.9 Å². The Labute approximate surface area is 206 Å². The molecule has 0 fully saturated rings. The minimum Gasteiger partial charge on any atom is -0.372 e. The molecular formula is C20H18ClF3N6O3S2. The molecule has 2 heterocycles. The largest absolute Gasteiger partial charge is 0.418 e. The van der Waals surface area contributed by atoms with Crippen LogP contribution in [0.4, 0.5) is 29.7 Å². The number of carbonyl (C=O) groups excluding carboxylic acids is 1. The molecule has 2 aromatic carbocycles. The number of aromatic amines is 1. The Morgan fingerprint density at radius 1 is 1.20 bits per heavy atom. The fourth-order valence-corrected chi connectivity index (χ4v) is 5.09. The van der Waals surface area contributed by atoms with Crippen molar-refractivity contribution in [2.75, 3.05) is 21.6 Å². The summed E-state index contributed by atoms with van der Waals surface area (Å²) in [6, 6.07) is 5.35. The van der Waals surface area contributed by atoms with Gasteiger partial charge in [0.05, 0.1) is 44.5 Å². The van der Waals surface area contributed by atoms with Gasteiger partial charge in [-0.05, 0) is 38.1 Å². The van der Waals surface area contributed by atoms with Crippen molar-refractivity contribution in [3.8, 4) is 0 Å². The Kier molecular flexibility index (Phi) is 6.10. The summed E-state index contributed by atoms with van der Waals surface area (Å²) in [6.45, 7) is 3.09. The van der Waals surface area contributed by atoms with Crippen LogP contribution in [0.3, 0.4) is 0 Å². The van der Waals surface area contributed by atoms with E-state index < -0.39 is 33.2 Å². The lowest BCUT2D eigenvalue weighted by Gasteiger charge is -2.26. The van der Waals surface area contributed by atoms with Crippen molar-refractivity contribution in [3.05, 3.63) is 41.0 Å². The molecule has 4 rings (SSSR count). The number of halogens is 4. The molecule has 9 nitrogen and oxygen atoms in total. The molecule has 0 unspecified atom stereocenters. The van der Waals surface area contributed by atoms with Crippen molar-refractivity contribution in [1.29, 1.82) is 0 Å². The molecule has 15 heteroatoms. The number of nitrogens with zero attached hydrogens (tertiary/aromatic N) is 2. The van der Waals surface area contributed by atoms with E-state index in [1.165, 1.54) is 18.3 Å². The second-order valence-electron chi connectivity index (χ2n) is 8.22. The maximum atomic E-state index is 13.6. The molecule has 186 valence electrons. The number of rotatable bonds is 6. The number of alkyl halides is 3. The highest BCUT2D eigenvalue weighted by molar-refractivity contribution is 7.92. The third kappa shape index (κ3) is 5.28. The smallest absolute Gasteiger partial charge is 0.372 e. The highest BCUT2D eigenvalue weighted by Gasteiger charge is 2.36. The van der Waals surface area contributed by atoms with Crippen molar-refractivity contribution in [2.45, 2.75) is 25.6 Å². The summed E-state index contributed by atoms with van der Waals surface area (Å²) < 4.78 is 66.4. The Morgan fingerprint density at radius 2 is 1.91 bits per heavy atom. The van der Waals surface area contributed by atoms with E-state index >= 15 is 0 Å². The van der Waals surface area contributed by atoms with Crippen LogP contribution in [-0.4, -0.2) is 41.3 Å². The van der Waals surface area contributed by atoms with Crippen LogP contribution in [0.2, 0.25) is 5.02 Å². The van der Waals surface area contributed by atoms with Gasteiger partial charge in [0.15, 0.2) is 5.13 Å². The van der Waals surface area contributed by atoms with Gasteiger partial charge in [-0.25, -0.2) is 13.4 Å². The summed E-state index contributed by atoms with van der Waals surface area (Å²) in [5.74, 6) is -0.582. The quantitative estimate of drug-likeness (QED) is 0.268. The number of nitrogens with one attached hydrogen (secondary N) is 4. The van der Waals surface area contributed by atoms with Gasteiger partial charge >= 0.3 is 6.18 Å². The number of H-pyrrole nitrogens is 1. The second kappa shape index (κ2) is 8.53. The topological polar surface area (TPSA) is 129 Å². The standard InChI is InChI=1S/C20H18ClF3N6O3S2/c1-19(2,28-9-4-5-12(21)14(6-9)30-35(3,32)33)17(31)27-18-26-15-11(20(22,23)24)7-13-10(8-25-29-13)16(15)34-18/h4-8,28,30H,1-3H3,(H,25,29)(H,26,27,31). The number of anilines is 3. The summed E-state index contributed by atoms with van der Waals surface area (Å²) in [5, 5.41) is 12.4. The molecule has 4 N–H and O–H groups in total. The lowest BCUT2D eigenvalue weighted by atomic mass is 10.0. The Hall–Kier alpha value is -3.10. The fourth-order valence-electron chi connectivity index (χ4n) is 3.31. The molecule has 0 aliphatic carbocycles. The van der Waals surface area contributed by atoms with E-state index in [1.54, 1.807) is 19.9 Å². The molecule has 0 saturated heterocycles. The van der Waals surface area contributed by atoms with E-state index in [1.807, 2.05) is 0 Å². The number of thiazole rings is 1. The SMILES string of the molecule is CC(C)(Nc1ccc(Cl)c(NS(C)(=O)=O)c1)C(=O)Nc1nc2c(C(F)(F)F)cc3[nH]ncc3c2s1. The monoisotopic (exact) mass is 546 g/mol. The molecule has 0 bridgehead atoms. The fraction of sp³-hybridized carbons (Fsp3) is 0.250. The van der Waals surface area contributed by atoms with Crippen LogP contribution in [0, 0.1) is 0 Å². The van der Waals surface area contributed by atoms with Gasteiger partial charge in [0.2, 0.25) is 10.0 Å². The van der Waals surface area contributed by atoms with Crippen molar-refractivity contribution >= 4 is 76.5 Å². The molecule has 0 aliphatic heterocycles. The average Bonchev–Trinajstić information content (AvgIpc) is 3.33. The van der Waals surface area contributed by atoms with E-state index in [0.717, 1.165) is 23.7 Å². The highest BCUT2D eigenvalue weighted by atomic mass is 35.5. The first-order valence-electron chi connectivity index (χ1n) is 9.85. The van der Waals surface area contributed by atoms with Crippen LogP contribution in [-0.2, 0) is 21.0 Å². The lowest BCUT2D eigenvalue weighted by Crippen LogP contribution is -2.44. The summed E-state index contributed by atoms with van der Waals surface area (Å²) in [6.07, 6.45) is -2.28. The van der Waals surface area contributed by atoms with E-state index in [4.69, 9.17) is 11.6 Å². The molecule has 35 heavy (non-hydrogen) atoms. The maximum Gasteiger partial charge on any atom is 0.418 e. The zero-order chi connectivity index (χ0) is 25.8. The first kappa shape index (κ1) is 25.0. The number of amides is 1. The molecule has 2 aromatic heterocycles. The molecule has 0 atom stereocenters. The molecule has 0 saturated carbocycles. The first-order chi connectivity index (χ1) is 16.1. The third-order valence-corrected chi connectivity index (χ3v) is 6.82. The molecule has 4 aromatic rings. The van der Waals surface area contributed by atoms with Crippen LogP contribution in [0.1, 0.15) is 19.4 Å².